The molecule has 2 amide bonds. The van der Waals surface area contributed by atoms with E-state index in [-0.39, 0.29) is 18.1 Å². The van der Waals surface area contributed by atoms with Crippen LogP contribution in [0.5, 0.6) is 11.5 Å². The number of fused-ring (bicyclic) bond motifs is 7. The second kappa shape index (κ2) is 11.6. The Kier molecular flexibility index (Phi) is 7.39. The van der Waals surface area contributed by atoms with Crippen LogP contribution >= 0.6 is 0 Å². The molecule has 210 valence electrons. The van der Waals surface area contributed by atoms with E-state index < -0.39 is 23.9 Å². The number of hydrogen-bond donors (Lipinski definition) is 2. The van der Waals surface area contributed by atoms with Gasteiger partial charge in [-0.25, -0.2) is 9.37 Å². The van der Waals surface area contributed by atoms with Crippen LogP contribution in [0.25, 0.3) is 11.1 Å². The molecule has 3 aliphatic rings. The van der Waals surface area contributed by atoms with Crippen molar-refractivity contribution < 1.29 is 23.5 Å². The molecule has 1 saturated heterocycles. The Bertz CT molecular complexity index is 1690. The Labute approximate surface area is 241 Å². The van der Waals surface area contributed by atoms with Crippen molar-refractivity contribution in [2.75, 3.05) is 24.6 Å². The summed E-state index contributed by atoms with van der Waals surface area (Å²) in [5.74, 6) is -0.0311. The zero-order valence-electron chi connectivity index (χ0n) is 22.4. The molecule has 10 heteroatoms. The molecule has 1 aromatic heterocycles. The summed E-state index contributed by atoms with van der Waals surface area (Å²) in [5.41, 5.74) is 2.45. The van der Waals surface area contributed by atoms with Gasteiger partial charge in [-0.15, -0.1) is 0 Å². The van der Waals surface area contributed by atoms with E-state index >= 15 is 4.39 Å². The number of nitrogens with zero attached hydrogens (tertiary/aromatic N) is 3. The highest BCUT2D eigenvalue weighted by atomic mass is 19.1. The molecule has 0 radical (unpaired) electrons. The van der Waals surface area contributed by atoms with E-state index in [1.165, 1.54) is 12.1 Å². The van der Waals surface area contributed by atoms with Crippen molar-refractivity contribution in [2.24, 2.45) is 0 Å². The number of benzene rings is 3. The van der Waals surface area contributed by atoms with Crippen LogP contribution in [0.15, 0.2) is 85.1 Å². The number of carbonyl (C=O) groups is 2. The quantitative estimate of drug-likeness (QED) is 0.362. The van der Waals surface area contributed by atoms with Crippen LogP contribution in [-0.2, 0) is 11.3 Å². The third-order valence-electron chi connectivity index (χ3n) is 7.24. The molecule has 42 heavy (non-hydrogen) atoms. The van der Waals surface area contributed by atoms with Crippen LogP contribution in [0.3, 0.4) is 0 Å². The molecule has 0 unspecified atom stereocenters. The predicted octanol–water partition coefficient (Wildman–Crippen LogP) is 3.83. The number of halogens is 1. The standard InChI is InChI=1S/C32H26FN5O4/c33-27-11-8-22-14-26(27)32(40)37-28-17-38(31-23(15-34)4-2-12-35-31)18-29(28)42-24-9-6-20(7-10-24)16-36-30(39)19-41-25-5-1-3-21(22)13-25/h1-14,28-29H,16-19H2,(H,36,39)(H,37,40)/t28-,29-/m0/s1. The summed E-state index contributed by atoms with van der Waals surface area (Å²) in [4.78, 5) is 32.2. The van der Waals surface area contributed by atoms with Crippen LogP contribution < -0.4 is 25.0 Å². The highest BCUT2D eigenvalue weighted by molar-refractivity contribution is 5.96. The van der Waals surface area contributed by atoms with Crippen molar-refractivity contribution in [3.8, 4) is 28.7 Å². The van der Waals surface area contributed by atoms with Crippen LogP contribution in [0.4, 0.5) is 10.2 Å². The van der Waals surface area contributed by atoms with Gasteiger partial charge in [-0.3, -0.25) is 9.59 Å². The lowest BCUT2D eigenvalue weighted by Gasteiger charge is -2.21. The Balaban J connectivity index is 1.36. The SMILES string of the molecule is N#Cc1cccnc1N1C[C@@H]2NC(=O)c3cc(ccc3F)-c3cccc(c3)OCC(=O)NCc3ccc(cc3)O[C@H]2C1. The normalized spacial score (nSPS) is 18.5. The van der Waals surface area contributed by atoms with Crippen LogP contribution in [0.1, 0.15) is 21.5 Å². The van der Waals surface area contributed by atoms with Crippen molar-refractivity contribution in [1.82, 2.24) is 15.6 Å². The van der Waals surface area contributed by atoms with Crippen molar-refractivity contribution in [1.29, 1.82) is 5.26 Å². The Morgan fingerprint density at radius 2 is 1.79 bits per heavy atom. The zero-order chi connectivity index (χ0) is 29.1. The minimum absolute atomic E-state index is 0.121. The van der Waals surface area contributed by atoms with E-state index in [2.05, 4.69) is 21.7 Å². The minimum atomic E-state index is -0.665. The second-order valence-electron chi connectivity index (χ2n) is 10.1. The number of pyridine rings is 1. The van der Waals surface area contributed by atoms with E-state index in [4.69, 9.17) is 9.47 Å². The molecule has 4 heterocycles. The molecule has 3 aliphatic heterocycles. The second-order valence-corrected chi connectivity index (χ2v) is 10.1. The molecule has 9 nitrogen and oxygen atoms in total. The van der Waals surface area contributed by atoms with Gasteiger partial charge in [0, 0.05) is 19.3 Å². The first-order valence-corrected chi connectivity index (χ1v) is 13.4. The maximum absolute atomic E-state index is 15.0. The summed E-state index contributed by atoms with van der Waals surface area (Å²) in [7, 11) is 0. The fraction of sp³-hybridized carbons (Fsp3) is 0.188. The van der Waals surface area contributed by atoms with Gasteiger partial charge in [-0.1, -0.05) is 30.3 Å². The minimum Gasteiger partial charge on any atom is -0.486 e. The topological polar surface area (TPSA) is 117 Å². The van der Waals surface area contributed by atoms with Gasteiger partial charge in [-0.2, -0.15) is 5.26 Å². The molecular formula is C32H26FN5O4. The first kappa shape index (κ1) is 26.8. The lowest BCUT2D eigenvalue weighted by Crippen LogP contribution is -2.45. The number of aromatic nitrogens is 1. The Morgan fingerprint density at radius 3 is 2.62 bits per heavy atom. The highest BCUT2D eigenvalue weighted by Crippen LogP contribution is 2.28. The van der Waals surface area contributed by atoms with E-state index in [0.717, 1.165) is 5.56 Å². The number of amides is 2. The van der Waals surface area contributed by atoms with Gasteiger partial charge in [0.25, 0.3) is 11.8 Å². The molecular weight excluding hydrogens is 537 g/mol. The average molecular weight is 564 g/mol. The monoisotopic (exact) mass is 563 g/mol. The van der Waals surface area contributed by atoms with E-state index in [0.29, 0.717) is 53.6 Å². The third kappa shape index (κ3) is 5.71. The number of nitrogens with one attached hydrogen (secondary N) is 2. The largest absolute Gasteiger partial charge is 0.486 e. The number of anilines is 1. The van der Waals surface area contributed by atoms with Gasteiger partial charge in [0.05, 0.1) is 23.7 Å². The van der Waals surface area contributed by atoms with E-state index in [1.54, 1.807) is 54.7 Å². The van der Waals surface area contributed by atoms with Gasteiger partial charge < -0.3 is 25.0 Å². The fourth-order valence-corrected chi connectivity index (χ4v) is 5.09. The van der Waals surface area contributed by atoms with Crippen LogP contribution in [0, 0.1) is 17.1 Å². The molecule has 6 bridgehead atoms. The maximum atomic E-state index is 15.0. The zero-order valence-corrected chi connectivity index (χ0v) is 22.4. The summed E-state index contributed by atoms with van der Waals surface area (Å²) in [5, 5.41) is 15.4. The van der Waals surface area contributed by atoms with Gasteiger partial charge in [0.2, 0.25) is 0 Å². The van der Waals surface area contributed by atoms with Crippen molar-refractivity contribution >= 4 is 17.6 Å². The van der Waals surface area contributed by atoms with Crippen molar-refractivity contribution in [3.05, 3.63) is 108 Å². The fourth-order valence-electron chi connectivity index (χ4n) is 5.09. The third-order valence-corrected chi connectivity index (χ3v) is 7.24. The first-order valence-electron chi connectivity index (χ1n) is 13.4. The molecule has 0 aliphatic carbocycles. The Morgan fingerprint density at radius 1 is 0.952 bits per heavy atom. The predicted molar refractivity (Wildman–Crippen MR) is 152 cm³/mol. The summed E-state index contributed by atoms with van der Waals surface area (Å²) in [6.45, 7) is 0.773. The highest BCUT2D eigenvalue weighted by Gasteiger charge is 2.37. The lowest BCUT2D eigenvalue weighted by molar-refractivity contribution is -0.123. The molecule has 4 aromatic rings. The summed E-state index contributed by atoms with van der Waals surface area (Å²) in [6, 6.07) is 23.6. The average Bonchev–Trinajstić information content (AvgIpc) is 3.41. The molecule has 2 N–H and O–H groups in total. The van der Waals surface area contributed by atoms with Gasteiger partial charge in [0.1, 0.15) is 35.3 Å². The maximum Gasteiger partial charge on any atom is 0.258 e. The summed E-state index contributed by atoms with van der Waals surface area (Å²) in [6.07, 6.45) is 1.08. The smallest absolute Gasteiger partial charge is 0.258 e. The summed E-state index contributed by atoms with van der Waals surface area (Å²) < 4.78 is 27.0. The van der Waals surface area contributed by atoms with E-state index in [1.807, 2.05) is 23.1 Å². The Hall–Kier alpha value is -5.43. The van der Waals surface area contributed by atoms with Crippen LogP contribution in [0.2, 0.25) is 0 Å². The number of nitriles is 1. The first-order chi connectivity index (χ1) is 20.5. The molecule has 0 spiro atoms. The van der Waals surface area contributed by atoms with Gasteiger partial charge in [0.15, 0.2) is 6.61 Å². The van der Waals surface area contributed by atoms with Gasteiger partial charge >= 0.3 is 0 Å². The molecule has 3 aromatic carbocycles. The number of rotatable bonds is 1. The number of ether oxygens (including phenoxy) is 2. The number of hydrogen-bond acceptors (Lipinski definition) is 7. The molecule has 7 rings (SSSR count). The lowest BCUT2D eigenvalue weighted by atomic mass is 10.0. The van der Waals surface area contributed by atoms with Crippen LogP contribution in [-0.4, -0.2) is 48.6 Å². The molecule has 0 saturated carbocycles. The van der Waals surface area contributed by atoms with Crippen molar-refractivity contribution in [3.63, 3.8) is 0 Å². The molecule has 1 fully saturated rings. The van der Waals surface area contributed by atoms with Gasteiger partial charge in [-0.05, 0) is 65.2 Å². The number of carbonyl (C=O) groups excluding carboxylic acids is 2. The summed E-state index contributed by atoms with van der Waals surface area (Å²) >= 11 is 0. The van der Waals surface area contributed by atoms with Crippen molar-refractivity contribution in [2.45, 2.75) is 18.7 Å². The molecule has 2 atom stereocenters. The van der Waals surface area contributed by atoms with E-state index in [9.17, 15) is 14.9 Å².